The summed E-state index contributed by atoms with van der Waals surface area (Å²) in [6.45, 7) is 0. The highest BCUT2D eigenvalue weighted by atomic mass is 79.9. The Hall–Kier alpha value is -0.160. The van der Waals surface area contributed by atoms with Crippen LogP contribution in [0.15, 0.2) is 22.0 Å². The maximum atomic E-state index is 3.54. The Morgan fingerprint density at radius 3 is 2.89 bits per heavy atom. The average molecular weight is 342 g/mol. The van der Waals surface area contributed by atoms with Crippen LogP contribution in [-0.2, 0) is 19.3 Å². The molecule has 1 N–H and O–H groups in total. The minimum absolute atomic E-state index is 0.464. The van der Waals surface area contributed by atoms with E-state index in [2.05, 4.69) is 46.5 Å². The molecular weight excluding hydrogens is 326 g/mol. The summed E-state index contributed by atoms with van der Waals surface area (Å²) in [6, 6.07) is 7.25. The molecule has 1 aliphatic rings. The normalized spacial score (nSPS) is 15.9. The van der Waals surface area contributed by atoms with Gasteiger partial charge in [-0.05, 0) is 66.0 Å². The topological polar surface area (TPSA) is 12.0 Å². The van der Waals surface area contributed by atoms with Gasteiger partial charge in [-0.1, -0.05) is 0 Å². The van der Waals surface area contributed by atoms with Crippen LogP contribution in [0.1, 0.15) is 32.7 Å². The van der Waals surface area contributed by atoms with E-state index in [-0.39, 0.29) is 0 Å². The third-order valence-corrected chi connectivity index (χ3v) is 6.49. The predicted octanol–water partition coefficient (Wildman–Crippen LogP) is 4.56. The van der Waals surface area contributed by atoms with Crippen LogP contribution >= 0.6 is 38.6 Å². The zero-order valence-electron chi connectivity index (χ0n) is 10.3. The summed E-state index contributed by atoms with van der Waals surface area (Å²) in [4.78, 5) is 4.57. The maximum Gasteiger partial charge on any atom is 0.0701 e. The molecule has 0 aliphatic heterocycles. The van der Waals surface area contributed by atoms with Gasteiger partial charge in [-0.15, -0.1) is 22.7 Å². The van der Waals surface area contributed by atoms with Gasteiger partial charge in [0.1, 0.15) is 0 Å². The fourth-order valence-electron chi connectivity index (χ4n) is 2.53. The molecule has 0 amide bonds. The number of halogens is 1. The van der Waals surface area contributed by atoms with Gasteiger partial charge >= 0.3 is 0 Å². The van der Waals surface area contributed by atoms with E-state index in [0.717, 1.165) is 6.42 Å². The summed E-state index contributed by atoms with van der Waals surface area (Å²) >= 11 is 7.39. The van der Waals surface area contributed by atoms with Crippen molar-refractivity contribution in [2.45, 2.75) is 31.7 Å². The highest BCUT2D eigenvalue weighted by Crippen LogP contribution is 2.35. The number of fused-ring (bicyclic) bond motifs is 1. The molecule has 0 aromatic carbocycles. The summed E-state index contributed by atoms with van der Waals surface area (Å²) in [7, 11) is 2.07. The lowest BCUT2D eigenvalue weighted by atomic mass is 10.1. The standard InChI is InChI=1S/C14H16BrNS2/c1-16-11(8-10-5-6-14(15)17-10)13-7-9-3-2-4-12(9)18-13/h5-7,11,16H,2-4,8H2,1H3. The van der Waals surface area contributed by atoms with Crippen molar-refractivity contribution in [1.82, 2.24) is 5.32 Å². The second-order valence-electron chi connectivity index (χ2n) is 4.70. The largest absolute Gasteiger partial charge is 0.312 e. The number of likely N-dealkylation sites (N-methyl/N-ethyl adjacent to an activating group) is 1. The SMILES string of the molecule is CNC(Cc1ccc(Br)s1)c1cc2c(s1)CCC2. The van der Waals surface area contributed by atoms with Crippen molar-refractivity contribution < 1.29 is 0 Å². The van der Waals surface area contributed by atoms with E-state index in [0.29, 0.717) is 6.04 Å². The molecule has 0 spiro atoms. The monoisotopic (exact) mass is 341 g/mol. The second kappa shape index (κ2) is 5.45. The van der Waals surface area contributed by atoms with Crippen molar-refractivity contribution in [2.24, 2.45) is 0 Å². The van der Waals surface area contributed by atoms with Gasteiger partial charge in [0.25, 0.3) is 0 Å². The van der Waals surface area contributed by atoms with Gasteiger partial charge in [0.15, 0.2) is 0 Å². The van der Waals surface area contributed by atoms with Crippen LogP contribution in [0.25, 0.3) is 0 Å². The number of nitrogens with one attached hydrogen (secondary N) is 1. The third kappa shape index (κ3) is 2.57. The second-order valence-corrected chi connectivity index (χ2v) is 8.42. The minimum Gasteiger partial charge on any atom is -0.312 e. The third-order valence-electron chi connectivity index (χ3n) is 3.49. The van der Waals surface area contributed by atoms with Gasteiger partial charge in [0, 0.05) is 27.1 Å². The molecule has 2 aromatic rings. The van der Waals surface area contributed by atoms with Crippen LogP contribution in [0, 0.1) is 0 Å². The molecule has 1 atom stereocenters. The number of hydrogen-bond acceptors (Lipinski definition) is 3. The van der Waals surface area contributed by atoms with Crippen molar-refractivity contribution in [3.05, 3.63) is 42.2 Å². The molecule has 0 radical (unpaired) electrons. The van der Waals surface area contributed by atoms with Crippen molar-refractivity contribution in [3.8, 4) is 0 Å². The lowest BCUT2D eigenvalue weighted by Crippen LogP contribution is -2.17. The van der Waals surface area contributed by atoms with Crippen LogP contribution in [0.2, 0.25) is 0 Å². The summed E-state index contributed by atoms with van der Waals surface area (Å²) in [5, 5.41) is 3.47. The van der Waals surface area contributed by atoms with Crippen molar-refractivity contribution in [3.63, 3.8) is 0 Å². The first-order valence-corrected chi connectivity index (χ1v) is 8.72. The van der Waals surface area contributed by atoms with E-state index in [9.17, 15) is 0 Å². The van der Waals surface area contributed by atoms with Crippen molar-refractivity contribution >= 4 is 38.6 Å². The Bertz CT molecular complexity index is 522. The molecule has 1 nitrogen and oxygen atoms in total. The quantitative estimate of drug-likeness (QED) is 0.859. The fraction of sp³-hybridized carbons (Fsp3) is 0.429. The van der Waals surface area contributed by atoms with Gasteiger partial charge in [-0.2, -0.15) is 0 Å². The fourth-order valence-corrected chi connectivity index (χ4v) is 5.43. The predicted molar refractivity (Wildman–Crippen MR) is 83.9 cm³/mol. The molecule has 0 fully saturated rings. The minimum atomic E-state index is 0.464. The van der Waals surface area contributed by atoms with Gasteiger partial charge in [0.2, 0.25) is 0 Å². The zero-order chi connectivity index (χ0) is 12.5. The van der Waals surface area contributed by atoms with Crippen LogP contribution in [0.3, 0.4) is 0 Å². The Morgan fingerprint density at radius 1 is 1.33 bits per heavy atom. The Morgan fingerprint density at radius 2 is 2.22 bits per heavy atom. The molecule has 3 rings (SSSR count). The summed E-state index contributed by atoms with van der Waals surface area (Å²) in [5.41, 5.74) is 1.60. The lowest BCUT2D eigenvalue weighted by Gasteiger charge is -2.13. The van der Waals surface area contributed by atoms with Crippen LogP contribution in [0.5, 0.6) is 0 Å². The molecule has 2 heterocycles. The molecule has 0 saturated heterocycles. The number of hydrogen-bond donors (Lipinski definition) is 1. The molecule has 18 heavy (non-hydrogen) atoms. The molecule has 0 saturated carbocycles. The number of rotatable bonds is 4. The van der Waals surface area contributed by atoms with Crippen molar-refractivity contribution in [1.29, 1.82) is 0 Å². The molecule has 2 aromatic heterocycles. The highest BCUT2D eigenvalue weighted by molar-refractivity contribution is 9.11. The number of aryl methyl sites for hydroxylation is 2. The first-order valence-electron chi connectivity index (χ1n) is 6.29. The van der Waals surface area contributed by atoms with E-state index in [1.54, 1.807) is 10.4 Å². The van der Waals surface area contributed by atoms with Crippen LogP contribution in [0.4, 0.5) is 0 Å². The molecule has 96 valence electrons. The van der Waals surface area contributed by atoms with Gasteiger partial charge in [-0.25, -0.2) is 0 Å². The molecule has 1 unspecified atom stereocenters. The van der Waals surface area contributed by atoms with Gasteiger partial charge < -0.3 is 5.32 Å². The Labute approximate surface area is 124 Å². The van der Waals surface area contributed by atoms with E-state index in [4.69, 9.17) is 0 Å². The first kappa shape index (κ1) is 12.9. The van der Waals surface area contributed by atoms with Crippen LogP contribution in [-0.4, -0.2) is 7.05 Å². The Kier molecular flexibility index (Phi) is 3.89. The average Bonchev–Trinajstić information content (AvgIpc) is 3.00. The summed E-state index contributed by atoms with van der Waals surface area (Å²) in [5.74, 6) is 0. The molecule has 0 bridgehead atoms. The Balaban J connectivity index is 1.79. The number of thiophene rings is 2. The van der Waals surface area contributed by atoms with E-state index >= 15 is 0 Å². The molecule has 1 aliphatic carbocycles. The lowest BCUT2D eigenvalue weighted by molar-refractivity contribution is 0.606. The first-order chi connectivity index (χ1) is 8.76. The summed E-state index contributed by atoms with van der Waals surface area (Å²) in [6.07, 6.45) is 5.02. The van der Waals surface area contributed by atoms with E-state index < -0.39 is 0 Å². The molecule has 4 heteroatoms. The smallest absolute Gasteiger partial charge is 0.0701 e. The molecular formula is C14H16BrNS2. The highest BCUT2D eigenvalue weighted by Gasteiger charge is 2.19. The maximum absolute atomic E-state index is 3.54. The van der Waals surface area contributed by atoms with Gasteiger partial charge in [0.05, 0.1) is 3.79 Å². The van der Waals surface area contributed by atoms with E-state index in [1.807, 2.05) is 22.7 Å². The zero-order valence-corrected chi connectivity index (χ0v) is 13.6. The van der Waals surface area contributed by atoms with E-state index in [1.165, 1.54) is 32.8 Å². The van der Waals surface area contributed by atoms with Gasteiger partial charge in [-0.3, -0.25) is 0 Å². The summed E-state index contributed by atoms with van der Waals surface area (Å²) < 4.78 is 1.22. The van der Waals surface area contributed by atoms with Crippen molar-refractivity contribution in [2.75, 3.05) is 7.05 Å². The van der Waals surface area contributed by atoms with Crippen LogP contribution < -0.4 is 5.32 Å².